The molecule has 1 unspecified atom stereocenters. The van der Waals surface area contributed by atoms with Gasteiger partial charge in [0.1, 0.15) is 6.54 Å². The molecule has 0 aromatic rings. The summed E-state index contributed by atoms with van der Waals surface area (Å²) in [4.78, 5) is 28.2. The molecular weight excluding hydrogens is 262 g/mol. The number of likely N-dealkylation sites (tertiary alicyclic amines) is 1. The molecule has 110 valence electrons. The van der Waals surface area contributed by atoms with Gasteiger partial charge in [-0.3, -0.25) is 20.8 Å². The van der Waals surface area contributed by atoms with E-state index in [1.165, 1.54) is 6.08 Å². The number of hydrogen-bond donors (Lipinski definition) is 2. The number of amides is 2. The minimum absolute atomic E-state index is 0.0446. The third-order valence-corrected chi connectivity index (χ3v) is 3.34. The van der Waals surface area contributed by atoms with Gasteiger partial charge in [0.15, 0.2) is 0 Å². The molecule has 0 aliphatic carbocycles. The molecule has 1 fully saturated rings. The van der Waals surface area contributed by atoms with Crippen LogP contribution in [-0.4, -0.2) is 52.9 Å². The Kier molecular flexibility index (Phi) is 3.76. The molecule has 2 amide bonds. The third-order valence-electron chi connectivity index (χ3n) is 3.34. The maximum absolute atomic E-state index is 12.0. The topological polar surface area (TPSA) is 114 Å². The number of urea groups is 1. The Morgan fingerprint density at radius 3 is 2.95 bits per heavy atom. The van der Waals surface area contributed by atoms with Crippen molar-refractivity contribution < 1.29 is 9.72 Å². The number of nitrogens with one attached hydrogen (secondary N) is 1. The second kappa shape index (κ2) is 5.20. The zero-order valence-electron chi connectivity index (χ0n) is 11.6. The second-order valence-corrected chi connectivity index (χ2v) is 5.46. The molecule has 1 atom stereocenters. The number of aliphatic imine (C=N–C) groups is 1. The van der Waals surface area contributed by atoms with E-state index in [0.717, 1.165) is 5.71 Å². The number of carbonyl (C=O) groups excluding carboxylic acids is 1. The highest BCUT2D eigenvalue weighted by atomic mass is 16.6. The van der Waals surface area contributed by atoms with Crippen LogP contribution in [0.25, 0.3) is 0 Å². The molecule has 0 bridgehead atoms. The fraction of sp³-hybridized carbons (Fsp3) is 0.667. The standard InChI is InChI=1S/C12H19N5O3/c1-8(2)15-11(18)16-4-3-10-9(6-16)5-12(13,7-14-10)17(19)20/h5,8H,3-4,6-7,13H2,1-2H3,(H,15,18). The van der Waals surface area contributed by atoms with Crippen LogP contribution in [0.1, 0.15) is 20.3 Å². The molecule has 2 heterocycles. The van der Waals surface area contributed by atoms with Crippen LogP contribution in [0, 0.1) is 10.1 Å². The monoisotopic (exact) mass is 281 g/mol. The van der Waals surface area contributed by atoms with Crippen molar-refractivity contribution >= 4 is 11.7 Å². The highest BCUT2D eigenvalue weighted by Crippen LogP contribution is 2.22. The maximum Gasteiger partial charge on any atom is 0.317 e. The molecule has 0 spiro atoms. The van der Waals surface area contributed by atoms with Crippen molar-refractivity contribution in [2.75, 3.05) is 19.6 Å². The first-order chi connectivity index (χ1) is 9.32. The first-order valence-corrected chi connectivity index (χ1v) is 6.56. The Morgan fingerprint density at radius 2 is 2.35 bits per heavy atom. The lowest BCUT2D eigenvalue weighted by Gasteiger charge is -2.33. The van der Waals surface area contributed by atoms with Crippen LogP contribution < -0.4 is 11.1 Å². The van der Waals surface area contributed by atoms with E-state index in [-0.39, 0.29) is 18.6 Å². The second-order valence-electron chi connectivity index (χ2n) is 5.46. The molecule has 20 heavy (non-hydrogen) atoms. The molecule has 2 aliphatic rings. The van der Waals surface area contributed by atoms with E-state index < -0.39 is 10.6 Å². The van der Waals surface area contributed by atoms with Gasteiger partial charge in [-0.25, -0.2) is 4.79 Å². The highest BCUT2D eigenvalue weighted by Gasteiger charge is 2.40. The number of piperidine rings is 1. The van der Waals surface area contributed by atoms with Crippen LogP contribution in [0.4, 0.5) is 4.79 Å². The first-order valence-electron chi connectivity index (χ1n) is 6.56. The normalized spacial score (nSPS) is 25.7. The summed E-state index contributed by atoms with van der Waals surface area (Å²) in [5.41, 5.74) is 5.56. The van der Waals surface area contributed by atoms with Crippen molar-refractivity contribution in [1.82, 2.24) is 10.2 Å². The number of nitrogens with two attached hydrogens (primary N) is 1. The van der Waals surface area contributed by atoms with Gasteiger partial charge in [0.2, 0.25) is 0 Å². The van der Waals surface area contributed by atoms with E-state index in [4.69, 9.17) is 5.73 Å². The number of dihydropyridines is 1. The van der Waals surface area contributed by atoms with E-state index in [1.807, 2.05) is 13.8 Å². The van der Waals surface area contributed by atoms with Gasteiger partial charge < -0.3 is 10.2 Å². The van der Waals surface area contributed by atoms with Crippen LogP contribution in [-0.2, 0) is 0 Å². The summed E-state index contributed by atoms with van der Waals surface area (Å²) in [5, 5.41) is 13.8. The summed E-state index contributed by atoms with van der Waals surface area (Å²) in [6.07, 6.45) is 2.04. The van der Waals surface area contributed by atoms with E-state index in [9.17, 15) is 14.9 Å². The van der Waals surface area contributed by atoms with Crippen LogP contribution >= 0.6 is 0 Å². The lowest BCUT2D eigenvalue weighted by molar-refractivity contribution is -0.551. The lowest BCUT2D eigenvalue weighted by atomic mass is 9.94. The molecular formula is C12H19N5O3. The molecule has 2 aliphatic heterocycles. The molecule has 0 aromatic heterocycles. The minimum Gasteiger partial charge on any atom is -0.336 e. The number of nitro groups is 1. The average Bonchev–Trinajstić information content (AvgIpc) is 2.36. The molecule has 0 saturated carbocycles. The zero-order valence-corrected chi connectivity index (χ0v) is 11.6. The van der Waals surface area contributed by atoms with Crippen LogP contribution in [0.5, 0.6) is 0 Å². The Labute approximate surface area is 116 Å². The van der Waals surface area contributed by atoms with Gasteiger partial charge in [-0.15, -0.1) is 0 Å². The Balaban J connectivity index is 2.14. The van der Waals surface area contributed by atoms with Crippen molar-refractivity contribution in [2.45, 2.75) is 32.0 Å². The van der Waals surface area contributed by atoms with Gasteiger partial charge in [-0.2, -0.15) is 0 Å². The van der Waals surface area contributed by atoms with Gasteiger partial charge >= 0.3 is 11.7 Å². The predicted molar refractivity (Wildman–Crippen MR) is 74.2 cm³/mol. The van der Waals surface area contributed by atoms with Gasteiger partial charge in [-0.05, 0) is 19.4 Å². The third kappa shape index (κ3) is 2.79. The molecule has 8 nitrogen and oxygen atoms in total. The van der Waals surface area contributed by atoms with E-state index in [0.29, 0.717) is 25.1 Å². The van der Waals surface area contributed by atoms with Crippen molar-refractivity contribution in [3.05, 3.63) is 21.8 Å². The Bertz CT molecular complexity index is 499. The summed E-state index contributed by atoms with van der Waals surface area (Å²) in [6.45, 7) is 4.59. The van der Waals surface area contributed by atoms with Crippen molar-refractivity contribution in [1.29, 1.82) is 0 Å². The minimum atomic E-state index is -1.66. The summed E-state index contributed by atoms with van der Waals surface area (Å²) >= 11 is 0. The fourth-order valence-electron chi connectivity index (χ4n) is 2.28. The van der Waals surface area contributed by atoms with Crippen molar-refractivity contribution in [3.63, 3.8) is 0 Å². The largest absolute Gasteiger partial charge is 0.336 e. The Morgan fingerprint density at radius 1 is 1.65 bits per heavy atom. The summed E-state index contributed by atoms with van der Waals surface area (Å²) in [5.74, 6) is 0. The molecule has 3 N–H and O–H groups in total. The number of rotatable bonds is 2. The van der Waals surface area contributed by atoms with E-state index >= 15 is 0 Å². The number of fused-ring (bicyclic) bond motifs is 1. The van der Waals surface area contributed by atoms with Gasteiger partial charge in [0.05, 0.1) is 0 Å². The van der Waals surface area contributed by atoms with Crippen LogP contribution in [0.2, 0.25) is 0 Å². The van der Waals surface area contributed by atoms with Gasteiger partial charge in [-0.1, -0.05) is 0 Å². The SMILES string of the molecule is CC(C)NC(=O)N1CCC2=NCC(N)([N+](=O)[O-])C=C2C1. The fourth-order valence-corrected chi connectivity index (χ4v) is 2.28. The van der Waals surface area contributed by atoms with Gasteiger partial charge in [0.25, 0.3) is 0 Å². The van der Waals surface area contributed by atoms with Gasteiger partial charge in [0, 0.05) is 42.3 Å². The molecule has 0 aromatic carbocycles. The average molecular weight is 281 g/mol. The maximum atomic E-state index is 12.0. The van der Waals surface area contributed by atoms with Crippen LogP contribution in [0.15, 0.2) is 16.6 Å². The number of hydrogen-bond acceptors (Lipinski definition) is 5. The lowest BCUT2D eigenvalue weighted by Crippen LogP contribution is -2.54. The van der Waals surface area contributed by atoms with Crippen LogP contribution in [0.3, 0.4) is 0 Å². The summed E-state index contributed by atoms with van der Waals surface area (Å²) < 4.78 is 0. The van der Waals surface area contributed by atoms with Crippen molar-refractivity contribution in [2.24, 2.45) is 10.7 Å². The Hall–Kier alpha value is -1.96. The molecule has 2 rings (SSSR count). The smallest absolute Gasteiger partial charge is 0.317 e. The molecule has 0 radical (unpaired) electrons. The first kappa shape index (κ1) is 14.4. The summed E-state index contributed by atoms with van der Waals surface area (Å²) in [6, 6.07) is -0.125. The molecule has 1 saturated heterocycles. The quantitative estimate of drug-likeness (QED) is 0.425. The number of nitrogens with zero attached hydrogens (tertiary/aromatic N) is 3. The van der Waals surface area contributed by atoms with E-state index in [1.54, 1.807) is 4.90 Å². The predicted octanol–water partition coefficient (Wildman–Crippen LogP) is 0.123. The van der Waals surface area contributed by atoms with Crippen molar-refractivity contribution in [3.8, 4) is 0 Å². The number of carbonyl (C=O) groups is 1. The zero-order chi connectivity index (χ0) is 14.9. The highest BCUT2D eigenvalue weighted by molar-refractivity contribution is 6.03. The molecule has 8 heteroatoms. The summed E-state index contributed by atoms with van der Waals surface area (Å²) in [7, 11) is 0. The van der Waals surface area contributed by atoms with E-state index in [2.05, 4.69) is 10.3 Å².